The monoisotopic (exact) mass is 390 g/mol. The van der Waals surface area contributed by atoms with Crippen molar-refractivity contribution in [3.8, 4) is 22.3 Å². The molecule has 0 amide bonds. The SMILES string of the molecule is CCCCCc1ccc(-c2cc(F)c(-c3cc(F)cc(F)c3)c(F)c2)c(F)c1. The van der Waals surface area contributed by atoms with E-state index < -0.39 is 34.6 Å². The standard InChI is InChI=1S/C23H19F5/c1-2-3-4-5-14-6-7-19(20(26)8-14)15-11-21(27)23(22(28)12-15)16-9-17(24)13-18(25)10-16/h6-13H,2-5H2,1H3. The number of benzene rings is 3. The predicted molar refractivity (Wildman–Crippen MR) is 100 cm³/mol. The zero-order valence-electron chi connectivity index (χ0n) is 15.3. The van der Waals surface area contributed by atoms with Gasteiger partial charge in [0.1, 0.15) is 29.1 Å². The molecule has 3 aromatic rings. The Balaban J connectivity index is 1.96. The van der Waals surface area contributed by atoms with Gasteiger partial charge >= 0.3 is 0 Å². The van der Waals surface area contributed by atoms with Crippen LogP contribution in [0.25, 0.3) is 22.3 Å². The first-order valence-corrected chi connectivity index (χ1v) is 9.13. The molecule has 146 valence electrons. The Morgan fingerprint density at radius 3 is 1.86 bits per heavy atom. The molecule has 0 aliphatic rings. The Bertz CT molecular complexity index is 951. The van der Waals surface area contributed by atoms with Gasteiger partial charge in [-0.15, -0.1) is 0 Å². The zero-order chi connectivity index (χ0) is 20.3. The van der Waals surface area contributed by atoms with Gasteiger partial charge in [-0.1, -0.05) is 31.9 Å². The zero-order valence-corrected chi connectivity index (χ0v) is 15.3. The minimum Gasteiger partial charge on any atom is -0.207 e. The maximum Gasteiger partial charge on any atom is 0.134 e. The van der Waals surface area contributed by atoms with Gasteiger partial charge in [-0.2, -0.15) is 0 Å². The topological polar surface area (TPSA) is 0 Å². The van der Waals surface area contributed by atoms with Crippen LogP contribution in [0, 0.1) is 29.1 Å². The van der Waals surface area contributed by atoms with Crippen molar-refractivity contribution < 1.29 is 22.0 Å². The Morgan fingerprint density at radius 1 is 0.643 bits per heavy atom. The maximum absolute atomic E-state index is 14.6. The first-order valence-electron chi connectivity index (χ1n) is 9.13. The van der Waals surface area contributed by atoms with E-state index in [4.69, 9.17) is 0 Å². The van der Waals surface area contributed by atoms with Crippen LogP contribution < -0.4 is 0 Å². The third kappa shape index (κ3) is 4.41. The van der Waals surface area contributed by atoms with Crippen LogP contribution in [0.3, 0.4) is 0 Å². The third-order valence-electron chi connectivity index (χ3n) is 4.61. The smallest absolute Gasteiger partial charge is 0.134 e. The summed E-state index contributed by atoms with van der Waals surface area (Å²) in [5.74, 6) is -4.50. The van der Waals surface area contributed by atoms with Crippen molar-refractivity contribution in [3.63, 3.8) is 0 Å². The van der Waals surface area contributed by atoms with Crippen LogP contribution in [0.4, 0.5) is 22.0 Å². The van der Waals surface area contributed by atoms with Crippen LogP contribution in [0.15, 0.2) is 48.5 Å². The highest BCUT2D eigenvalue weighted by Crippen LogP contribution is 2.33. The number of hydrogen-bond acceptors (Lipinski definition) is 0. The Hall–Kier alpha value is -2.69. The van der Waals surface area contributed by atoms with Crippen LogP contribution in [0.5, 0.6) is 0 Å². The molecule has 0 fully saturated rings. The van der Waals surface area contributed by atoms with E-state index >= 15 is 0 Å². The predicted octanol–water partition coefficient (Wildman–Crippen LogP) is 7.45. The maximum atomic E-state index is 14.6. The second kappa shape index (κ2) is 8.55. The van der Waals surface area contributed by atoms with Crippen LogP contribution in [-0.4, -0.2) is 0 Å². The summed E-state index contributed by atoms with van der Waals surface area (Å²) in [6, 6.07) is 8.84. The fourth-order valence-electron chi connectivity index (χ4n) is 3.23. The molecule has 0 spiro atoms. The first kappa shape index (κ1) is 20.1. The molecule has 0 atom stereocenters. The molecule has 0 aliphatic heterocycles. The van der Waals surface area contributed by atoms with Gasteiger partial charge in [0, 0.05) is 11.6 Å². The summed E-state index contributed by atoms with van der Waals surface area (Å²) in [7, 11) is 0. The average molecular weight is 390 g/mol. The number of halogens is 5. The third-order valence-corrected chi connectivity index (χ3v) is 4.61. The number of rotatable bonds is 6. The minimum absolute atomic E-state index is 0.0215. The summed E-state index contributed by atoms with van der Waals surface area (Å²) in [5, 5.41) is 0. The molecule has 0 aromatic heterocycles. The minimum atomic E-state index is -1.02. The van der Waals surface area contributed by atoms with Gasteiger partial charge < -0.3 is 0 Å². The largest absolute Gasteiger partial charge is 0.207 e. The molecule has 3 rings (SSSR count). The van der Waals surface area contributed by atoms with Gasteiger partial charge in [0.05, 0.1) is 5.56 Å². The summed E-state index contributed by atoms with van der Waals surface area (Å²) in [6.07, 6.45) is 3.78. The van der Waals surface area contributed by atoms with Crippen molar-refractivity contribution in [1.29, 1.82) is 0 Å². The highest BCUT2D eigenvalue weighted by Gasteiger charge is 2.17. The van der Waals surface area contributed by atoms with Crippen LogP contribution in [-0.2, 0) is 6.42 Å². The summed E-state index contributed by atoms with van der Waals surface area (Å²) in [6.45, 7) is 2.08. The number of unbranched alkanes of at least 4 members (excludes halogenated alkanes) is 2. The van der Waals surface area contributed by atoms with Gasteiger partial charge in [0.2, 0.25) is 0 Å². The van der Waals surface area contributed by atoms with Crippen molar-refractivity contribution >= 4 is 0 Å². The molecule has 28 heavy (non-hydrogen) atoms. The lowest BCUT2D eigenvalue weighted by Crippen LogP contribution is -1.96. The molecular weight excluding hydrogens is 371 g/mol. The van der Waals surface area contributed by atoms with E-state index in [1.807, 2.05) is 0 Å². The normalized spacial score (nSPS) is 11.1. The molecule has 0 saturated carbocycles. The molecule has 0 nitrogen and oxygen atoms in total. The fraction of sp³-hybridized carbons (Fsp3) is 0.217. The van der Waals surface area contributed by atoms with E-state index in [9.17, 15) is 22.0 Å². The van der Waals surface area contributed by atoms with Gasteiger partial charge in [0.15, 0.2) is 0 Å². The molecule has 0 saturated heterocycles. The molecule has 3 aromatic carbocycles. The van der Waals surface area contributed by atoms with Crippen LogP contribution in [0.1, 0.15) is 31.7 Å². The second-order valence-corrected chi connectivity index (χ2v) is 6.74. The highest BCUT2D eigenvalue weighted by molar-refractivity contribution is 5.72. The summed E-state index contributed by atoms with van der Waals surface area (Å²) in [5.41, 5.74) is 0.0919. The van der Waals surface area contributed by atoms with Gasteiger partial charge in [-0.05, 0) is 59.9 Å². The van der Waals surface area contributed by atoms with Gasteiger partial charge in [-0.25, -0.2) is 22.0 Å². The quantitative estimate of drug-likeness (QED) is 0.303. The highest BCUT2D eigenvalue weighted by atomic mass is 19.1. The van der Waals surface area contributed by atoms with E-state index in [1.54, 1.807) is 6.07 Å². The average Bonchev–Trinajstić information content (AvgIpc) is 2.60. The lowest BCUT2D eigenvalue weighted by molar-refractivity contribution is 0.578. The lowest BCUT2D eigenvalue weighted by atomic mass is 9.97. The van der Waals surface area contributed by atoms with Crippen molar-refractivity contribution in [3.05, 3.63) is 83.2 Å². The molecule has 0 radical (unpaired) electrons. The molecule has 0 unspecified atom stereocenters. The summed E-state index contributed by atoms with van der Waals surface area (Å²) in [4.78, 5) is 0. The molecule has 0 aliphatic carbocycles. The second-order valence-electron chi connectivity index (χ2n) is 6.74. The van der Waals surface area contributed by atoms with Crippen LogP contribution in [0.2, 0.25) is 0 Å². The summed E-state index contributed by atoms with van der Waals surface area (Å²) >= 11 is 0. The fourth-order valence-corrected chi connectivity index (χ4v) is 3.23. The van der Waals surface area contributed by atoms with E-state index in [1.165, 1.54) is 12.1 Å². The van der Waals surface area contributed by atoms with Crippen molar-refractivity contribution in [2.75, 3.05) is 0 Å². The van der Waals surface area contributed by atoms with E-state index in [2.05, 4.69) is 6.92 Å². The van der Waals surface area contributed by atoms with Crippen molar-refractivity contribution in [1.82, 2.24) is 0 Å². The molecule has 5 heteroatoms. The first-order chi connectivity index (χ1) is 13.4. The van der Waals surface area contributed by atoms with Crippen molar-refractivity contribution in [2.24, 2.45) is 0 Å². The van der Waals surface area contributed by atoms with Crippen LogP contribution >= 0.6 is 0 Å². The van der Waals surface area contributed by atoms with E-state index in [0.717, 1.165) is 55.5 Å². The Morgan fingerprint density at radius 2 is 1.29 bits per heavy atom. The van der Waals surface area contributed by atoms with E-state index in [-0.39, 0.29) is 16.7 Å². The Labute approximate surface area is 160 Å². The number of aryl methyl sites for hydroxylation is 1. The molecular formula is C23H19F5. The molecule has 0 heterocycles. The Kier molecular flexibility index (Phi) is 6.12. The summed E-state index contributed by atoms with van der Waals surface area (Å²) < 4.78 is 70.4. The van der Waals surface area contributed by atoms with Gasteiger partial charge in [0.25, 0.3) is 0 Å². The molecule has 0 N–H and O–H groups in total. The van der Waals surface area contributed by atoms with Gasteiger partial charge in [-0.3, -0.25) is 0 Å². The van der Waals surface area contributed by atoms with Crippen molar-refractivity contribution in [2.45, 2.75) is 32.6 Å². The molecule has 0 bridgehead atoms. The lowest BCUT2D eigenvalue weighted by Gasteiger charge is -2.11. The van der Waals surface area contributed by atoms with E-state index in [0.29, 0.717) is 6.07 Å². The number of hydrogen-bond donors (Lipinski definition) is 0.